The van der Waals surface area contributed by atoms with Crippen LogP contribution in [0, 0.1) is 0 Å². The van der Waals surface area contributed by atoms with Gasteiger partial charge in [-0.05, 0) is 30.3 Å². The number of benzene rings is 2. The third-order valence-electron chi connectivity index (χ3n) is 2.62. The van der Waals surface area contributed by atoms with Crippen LogP contribution in [-0.2, 0) is 5.88 Å². The van der Waals surface area contributed by atoms with Crippen molar-refractivity contribution < 1.29 is 9.47 Å². The zero-order valence-corrected chi connectivity index (χ0v) is 13.7. The second-order valence-corrected chi connectivity index (χ2v) is 5.59. The molecule has 0 atom stereocenters. The molecule has 0 saturated heterocycles. The molecule has 0 aliphatic heterocycles. The normalized spacial score (nSPS) is 10.3. The van der Waals surface area contributed by atoms with E-state index in [1.54, 1.807) is 6.07 Å². The molecule has 0 unspecified atom stereocenters. The predicted octanol–water partition coefficient (Wildman–Crippen LogP) is 5.30. The monoisotopic (exact) mass is 374 g/mol. The molecule has 0 fully saturated rings. The van der Waals surface area contributed by atoms with E-state index in [1.165, 1.54) is 0 Å². The van der Waals surface area contributed by atoms with Gasteiger partial charge in [0, 0.05) is 15.1 Å². The van der Waals surface area contributed by atoms with Crippen molar-refractivity contribution in [2.75, 3.05) is 13.2 Å². The fourth-order valence-corrected chi connectivity index (χ4v) is 2.63. The van der Waals surface area contributed by atoms with Gasteiger partial charge in [0.2, 0.25) is 0 Å². The highest BCUT2D eigenvalue weighted by atomic mass is 79.9. The Bertz CT molecular complexity index is 576. The average molecular weight is 376 g/mol. The molecule has 2 aromatic carbocycles. The first kappa shape index (κ1) is 15.5. The van der Waals surface area contributed by atoms with E-state index in [0.717, 1.165) is 15.8 Å². The Kier molecular flexibility index (Phi) is 6.02. The zero-order chi connectivity index (χ0) is 14.4. The van der Waals surface area contributed by atoms with E-state index in [2.05, 4.69) is 15.9 Å². The molecule has 2 rings (SSSR count). The van der Waals surface area contributed by atoms with Gasteiger partial charge in [-0.25, -0.2) is 0 Å². The molecule has 0 saturated carbocycles. The van der Waals surface area contributed by atoms with Crippen molar-refractivity contribution in [3.05, 3.63) is 57.5 Å². The Balaban J connectivity index is 1.86. The first-order chi connectivity index (χ1) is 9.70. The summed E-state index contributed by atoms with van der Waals surface area (Å²) in [7, 11) is 0. The second-order valence-electron chi connectivity index (χ2n) is 4.00. The van der Waals surface area contributed by atoms with E-state index in [9.17, 15) is 0 Å². The fourth-order valence-electron chi connectivity index (χ4n) is 1.67. The number of ether oxygens (including phenoxy) is 2. The number of halogens is 3. The molecule has 2 aromatic rings. The van der Waals surface area contributed by atoms with Crippen molar-refractivity contribution in [3.8, 4) is 11.5 Å². The summed E-state index contributed by atoms with van der Waals surface area (Å²) in [5, 5.41) is 0.616. The quantitative estimate of drug-likeness (QED) is 0.503. The van der Waals surface area contributed by atoms with Crippen LogP contribution in [0.25, 0.3) is 0 Å². The Morgan fingerprint density at radius 2 is 1.75 bits per heavy atom. The molecule has 0 aliphatic carbocycles. The van der Waals surface area contributed by atoms with Crippen LogP contribution in [0.4, 0.5) is 0 Å². The molecule has 0 heterocycles. The van der Waals surface area contributed by atoms with Crippen molar-refractivity contribution in [3.63, 3.8) is 0 Å². The summed E-state index contributed by atoms with van der Waals surface area (Å²) in [5.41, 5.74) is 0.804. The van der Waals surface area contributed by atoms with Crippen molar-refractivity contribution in [1.82, 2.24) is 0 Å². The van der Waals surface area contributed by atoms with E-state index >= 15 is 0 Å². The molecule has 106 valence electrons. The maximum absolute atomic E-state index is 6.05. The van der Waals surface area contributed by atoms with Gasteiger partial charge in [-0.3, -0.25) is 0 Å². The maximum Gasteiger partial charge on any atom is 0.125 e. The third kappa shape index (κ3) is 4.30. The molecule has 0 aliphatic rings. The molecule has 0 spiro atoms. The van der Waals surface area contributed by atoms with Crippen molar-refractivity contribution >= 4 is 39.1 Å². The van der Waals surface area contributed by atoms with Gasteiger partial charge in [0.15, 0.2) is 0 Å². The number of hydrogen-bond acceptors (Lipinski definition) is 2. The molecule has 0 amide bonds. The number of hydrogen-bond donors (Lipinski definition) is 0. The van der Waals surface area contributed by atoms with Crippen molar-refractivity contribution in [2.24, 2.45) is 0 Å². The second kappa shape index (κ2) is 7.77. The smallest absolute Gasteiger partial charge is 0.125 e. The first-order valence-corrected chi connectivity index (χ1v) is 7.76. The third-order valence-corrected chi connectivity index (χ3v) is 3.73. The highest BCUT2D eigenvalue weighted by Crippen LogP contribution is 2.28. The largest absolute Gasteiger partial charge is 0.490 e. The summed E-state index contributed by atoms with van der Waals surface area (Å²) < 4.78 is 12.2. The Morgan fingerprint density at radius 1 is 1.00 bits per heavy atom. The summed E-state index contributed by atoms with van der Waals surface area (Å²) in [6.45, 7) is 0.876. The fraction of sp³-hybridized carbons (Fsp3) is 0.200. The average Bonchev–Trinajstić information content (AvgIpc) is 2.44. The lowest BCUT2D eigenvalue weighted by molar-refractivity contribution is 0.216. The lowest BCUT2D eigenvalue weighted by atomic mass is 10.2. The molecule has 2 nitrogen and oxygen atoms in total. The summed E-state index contributed by atoms with van der Waals surface area (Å²) in [6.07, 6.45) is 0. The van der Waals surface area contributed by atoms with E-state index in [1.807, 2.05) is 36.4 Å². The summed E-state index contributed by atoms with van der Waals surface area (Å²) in [6, 6.07) is 13.2. The van der Waals surface area contributed by atoms with Crippen LogP contribution in [0.3, 0.4) is 0 Å². The van der Waals surface area contributed by atoms with Gasteiger partial charge < -0.3 is 9.47 Å². The van der Waals surface area contributed by atoms with E-state index in [-0.39, 0.29) is 0 Å². The predicted molar refractivity (Wildman–Crippen MR) is 86.1 cm³/mol. The molecule has 5 heteroatoms. The minimum absolute atomic E-state index is 0.321. The van der Waals surface area contributed by atoms with Gasteiger partial charge in [0.1, 0.15) is 24.7 Å². The standard InChI is InChI=1S/C15H13BrCl2O2/c16-11-3-1-4-12(9-11)19-7-8-20-15-6-2-5-14(18)13(15)10-17/h1-6,9H,7-8,10H2. The van der Waals surface area contributed by atoms with Crippen LogP contribution in [0.5, 0.6) is 11.5 Å². The Labute approximate surface area is 136 Å². The van der Waals surface area contributed by atoms with Gasteiger partial charge in [-0.15, -0.1) is 11.6 Å². The topological polar surface area (TPSA) is 18.5 Å². The van der Waals surface area contributed by atoms with E-state index < -0.39 is 0 Å². The van der Waals surface area contributed by atoms with Crippen LogP contribution >= 0.6 is 39.1 Å². The lowest BCUT2D eigenvalue weighted by Gasteiger charge is -2.12. The van der Waals surface area contributed by atoms with Crippen molar-refractivity contribution in [1.29, 1.82) is 0 Å². The first-order valence-electron chi connectivity index (χ1n) is 6.05. The minimum atomic E-state index is 0.321. The number of alkyl halides is 1. The number of rotatable bonds is 6. The van der Waals surface area contributed by atoms with Gasteiger partial charge >= 0.3 is 0 Å². The summed E-state index contributed by atoms with van der Waals surface area (Å²) in [4.78, 5) is 0. The molecular formula is C15H13BrCl2O2. The Morgan fingerprint density at radius 3 is 2.50 bits per heavy atom. The minimum Gasteiger partial charge on any atom is -0.490 e. The highest BCUT2D eigenvalue weighted by molar-refractivity contribution is 9.10. The van der Waals surface area contributed by atoms with E-state index in [4.69, 9.17) is 32.7 Å². The zero-order valence-electron chi connectivity index (χ0n) is 10.6. The van der Waals surface area contributed by atoms with Crippen LogP contribution in [0.1, 0.15) is 5.56 Å². The summed E-state index contributed by atoms with van der Waals surface area (Å²) >= 11 is 15.3. The summed E-state index contributed by atoms with van der Waals surface area (Å²) in [5.74, 6) is 1.82. The molecule has 0 bridgehead atoms. The van der Waals surface area contributed by atoms with Crippen molar-refractivity contribution in [2.45, 2.75) is 5.88 Å². The van der Waals surface area contributed by atoms with Crippen LogP contribution in [-0.4, -0.2) is 13.2 Å². The van der Waals surface area contributed by atoms with Crippen LogP contribution < -0.4 is 9.47 Å². The molecule has 0 radical (unpaired) electrons. The maximum atomic E-state index is 6.05. The SMILES string of the molecule is ClCc1c(Cl)cccc1OCCOc1cccc(Br)c1. The molecule has 20 heavy (non-hydrogen) atoms. The Hall–Kier alpha value is -0.900. The molecular weight excluding hydrogens is 363 g/mol. The highest BCUT2D eigenvalue weighted by Gasteiger charge is 2.06. The molecule has 0 N–H and O–H groups in total. The van der Waals surface area contributed by atoms with Gasteiger partial charge in [0.25, 0.3) is 0 Å². The van der Waals surface area contributed by atoms with Gasteiger partial charge in [-0.1, -0.05) is 39.7 Å². The molecule has 0 aromatic heterocycles. The lowest BCUT2D eigenvalue weighted by Crippen LogP contribution is -2.09. The van der Waals surface area contributed by atoms with Gasteiger partial charge in [0.05, 0.1) is 5.88 Å². The van der Waals surface area contributed by atoms with Crippen LogP contribution in [0.15, 0.2) is 46.9 Å². The van der Waals surface area contributed by atoms with E-state index in [0.29, 0.717) is 29.9 Å². The van der Waals surface area contributed by atoms with Crippen LogP contribution in [0.2, 0.25) is 5.02 Å². The van der Waals surface area contributed by atoms with Gasteiger partial charge in [-0.2, -0.15) is 0 Å².